The van der Waals surface area contributed by atoms with Gasteiger partial charge in [0.05, 0.1) is 0 Å². The Kier molecular flexibility index (Phi) is 8.65. The Morgan fingerprint density at radius 1 is 1.35 bits per heavy atom. The summed E-state index contributed by atoms with van der Waals surface area (Å²) in [7, 11) is 2.09. The van der Waals surface area contributed by atoms with Crippen LogP contribution in [0.3, 0.4) is 0 Å². The van der Waals surface area contributed by atoms with Crippen LogP contribution in [0.25, 0.3) is 0 Å². The van der Waals surface area contributed by atoms with Gasteiger partial charge in [-0.3, -0.25) is 9.59 Å². The topological polar surface area (TPSA) is 40.6 Å². The molecule has 1 saturated heterocycles. The van der Waals surface area contributed by atoms with Crippen LogP contribution in [0.4, 0.5) is 0 Å². The lowest BCUT2D eigenvalue weighted by Gasteiger charge is -2.15. The summed E-state index contributed by atoms with van der Waals surface area (Å²) in [5.41, 5.74) is 0.946. The van der Waals surface area contributed by atoms with Crippen molar-refractivity contribution in [3.8, 4) is 11.8 Å². The average molecular weight is 320 g/mol. The monoisotopic (exact) mass is 320 g/mol. The minimum atomic E-state index is -0.0617. The van der Waals surface area contributed by atoms with Crippen molar-refractivity contribution in [2.75, 3.05) is 33.2 Å². The molecule has 0 aromatic heterocycles. The molecular formula is C19H32N2O2. The van der Waals surface area contributed by atoms with Crippen molar-refractivity contribution in [2.24, 2.45) is 5.92 Å². The molecule has 1 unspecified atom stereocenters. The van der Waals surface area contributed by atoms with Gasteiger partial charge in [-0.1, -0.05) is 31.9 Å². The number of carbonyl (C=O) groups is 2. The number of amides is 1. The summed E-state index contributed by atoms with van der Waals surface area (Å²) in [5.74, 6) is 6.03. The number of carbonyl (C=O) groups excluding carboxylic acids is 2. The van der Waals surface area contributed by atoms with Crippen molar-refractivity contribution >= 4 is 11.7 Å². The molecule has 0 bridgehead atoms. The van der Waals surface area contributed by atoms with Crippen molar-refractivity contribution in [1.82, 2.24) is 9.80 Å². The number of hydrogen-bond donors (Lipinski definition) is 0. The largest absolute Gasteiger partial charge is 0.341 e. The third-order valence-electron chi connectivity index (χ3n) is 4.12. The van der Waals surface area contributed by atoms with E-state index >= 15 is 0 Å². The number of Topliss-reactive ketones (excluding diaryl/α,β-unsaturated/α-hetero) is 1. The van der Waals surface area contributed by atoms with Gasteiger partial charge in [-0.2, -0.15) is 0 Å². The van der Waals surface area contributed by atoms with E-state index in [2.05, 4.69) is 37.3 Å². The Bertz CT molecular complexity index is 493. The Hall–Kier alpha value is -1.60. The number of nitrogens with zero attached hydrogens (tertiary/aromatic N) is 2. The Balaban J connectivity index is 0.00000529. The van der Waals surface area contributed by atoms with Crippen LogP contribution in [0.15, 0.2) is 12.2 Å². The zero-order valence-electron chi connectivity index (χ0n) is 14.9. The molecule has 1 heterocycles. The van der Waals surface area contributed by atoms with Gasteiger partial charge in [0.2, 0.25) is 11.7 Å². The summed E-state index contributed by atoms with van der Waals surface area (Å²) in [5, 5.41) is 0. The minimum Gasteiger partial charge on any atom is -0.341 e. The van der Waals surface area contributed by atoms with Gasteiger partial charge >= 0.3 is 0 Å². The zero-order chi connectivity index (χ0) is 17.2. The van der Waals surface area contributed by atoms with Gasteiger partial charge < -0.3 is 9.80 Å². The van der Waals surface area contributed by atoms with E-state index in [1.807, 2.05) is 11.8 Å². The van der Waals surface area contributed by atoms with Gasteiger partial charge in [0.1, 0.15) is 0 Å². The lowest BCUT2D eigenvalue weighted by Crippen LogP contribution is -2.27. The zero-order valence-corrected chi connectivity index (χ0v) is 14.9. The fourth-order valence-electron chi connectivity index (χ4n) is 2.71. The average Bonchev–Trinajstić information content (AvgIpc) is 2.99. The van der Waals surface area contributed by atoms with Crippen molar-refractivity contribution in [3.05, 3.63) is 12.2 Å². The predicted octanol–water partition coefficient (Wildman–Crippen LogP) is 2.74. The van der Waals surface area contributed by atoms with Crippen molar-refractivity contribution < 1.29 is 11.0 Å². The van der Waals surface area contributed by atoms with Gasteiger partial charge in [0.25, 0.3) is 0 Å². The molecule has 0 aliphatic carbocycles. The van der Waals surface area contributed by atoms with E-state index in [1.165, 1.54) is 0 Å². The van der Waals surface area contributed by atoms with Crippen LogP contribution in [-0.4, -0.2) is 54.7 Å². The Morgan fingerprint density at radius 3 is 2.74 bits per heavy atom. The second-order valence-electron chi connectivity index (χ2n) is 6.35. The second-order valence-corrected chi connectivity index (χ2v) is 6.35. The SMILES string of the molecule is C=C(CCN(C)CCC)CC(=O)C#CC1CCN(C(=O)CC)C1.[HH]. The van der Waals surface area contributed by atoms with Crippen molar-refractivity contribution in [2.45, 2.75) is 46.0 Å². The van der Waals surface area contributed by atoms with Gasteiger partial charge in [0, 0.05) is 39.8 Å². The van der Waals surface area contributed by atoms with Crippen LogP contribution in [-0.2, 0) is 9.59 Å². The molecule has 0 aromatic carbocycles. The first kappa shape index (κ1) is 19.4. The smallest absolute Gasteiger partial charge is 0.222 e. The standard InChI is InChI=1S/C19H30N2O2.H2/c1-5-11-20(4)12-9-16(3)14-18(22)8-7-17-10-13-21(15-17)19(23)6-2;/h17H,3,5-6,9-15H2,1-2,4H3;1H. The van der Waals surface area contributed by atoms with E-state index in [0.717, 1.165) is 44.5 Å². The Labute approximate surface area is 142 Å². The molecule has 1 aliphatic rings. The fraction of sp³-hybridized carbons (Fsp3) is 0.684. The summed E-state index contributed by atoms with van der Waals surface area (Å²) in [6, 6.07) is 0. The van der Waals surface area contributed by atoms with Crippen LogP contribution >= 0.6 is 0 Å². The van der Waals surface area contributed by atoms with E-state index in [0.29, 0.717) is 19.4 Å². The first-order valence-electron chi connectivity index (χ1n) is 8.63. The highest BCUT2D eigenvalue weighted by atomic mass is 16.2. The maximum Gasteiger partial charge on any atom is 0.222 e. The van der Waals surface area contributed by atoms with Crippen LogP contribution < -0.4 is 0 Å². The highest BCUT2D eigenvalue weighted by Crippen LogP contribution is 2.16. The summed E-state index contributed by atoms with van der Waals surface area (Å²) in [4.78, 5) is 27.6. The van der Waals surface area contributed by atoms with Crippen LogP contribution in [0.5, 0.6) is 0 Å². The molecule has 4 heteroatoms. The summed E-state index contributed by atoms with van der Waals surface area (Å²) >= 11 is 0. The summed E-state index contributed by atoms with van der Waals surface area (Å²) in [6.45, 7) is 11.4. The maximum atomic E-state index is 11.9. The van der Waals surface area contributed by atoms with E-state index in [9.17, 15) is 9.59 Å². The van der Waals surface area contributed by atoms with Crippen LogP contribution in [0.1, 0.15) is 47.4 Å². The Morgan fingerprint density at radius 2 is 2.09 bits per heavy atom. The molecule has 1 rings (SSSR count). The van der Waals surface area contributed by atoms with Gasteiger partial charge in [-0.15, -0.1) is 0 Å². The third-order valence-corrected chi connectivity index (χ3v) is 4.12. The molecule has 23 heavy (non-hydrogen) atoms. The van der Waals surface area contributed by atoms with E-state index < -0.39 is 0 Å². The lowest BCUT2D eigenvalue weighted by atomic mass is 10.1. The molecule has 130 valence electrons. The number of ketones is 1. The first-order chi connectivity index (χ1) is 11.0. The summed E-state index contributed by atoms with van der Waals surface area (Å²) in [6.07, 6.45) is 3.72. The highest BCUT2D eigenvalue weighted by molar-refractivity contribution is 5.97. The highest BCUT2D eigenvalue weighted by Gasteiger charge is 2.23. The van der Waals surface area contributed by atoms with E-state index in [-0.39, 0.29) is 19.0 Å². The molecule has 4 nitrogen and oxygen atoms in total. The number of hydrogen-bond acceptors (Lipinski definition) is 3. The molecule has 1 amide bonds. The third kappa shape index (κ3) is 7.47. The maximum absolute atomic E-state index is 11.9. The fourth-order valence-corrected chi connectivity index (χ4v) is 2.71. The quantitative estimate of drug-likeness (QED) is 0.392. The van der Waals surface area contributed by atoms with Gasteiger partial charge in [-0.05, 0) is 38.8 Å². The molecule has 0 spiro atoms. The normalized spacial score (nSPS) is 17.0. The van der Waals surface area contributed by atoms with Gasteiger partial charge in [0.15, 0.2) is 0 Å². The molecule has 0 saturated carbocycles. The molecule has 0 radical (unpaired) electrons. The molecule has 0 aromatic rings. The summed E-state index contributed by atoms with van der Waals surface area (Å²) < 4.78 is 0. The van der Waals surface area contributed by atoms with Crippen LogP contribution in [0.2, 0.25) is 0 Å². The number of rotatable bonds is 8. The van der Waals surface area contributed by atoms with Crippen molar-refractivity contribution in [1.29, 1.82) is 0 Å². The van der Waals surface area contributed by atoms with E-state index in [1.54, 1.807) is 0 Å². The number of likely N-dealkylation sites (tertiary alicyclic amines) is 1. The molecule has 1 aliphatic heterocycles. The van der Waals surface area contributed by atoms with Gasteiger partial charge in [-0.25, -0.2) is 0 Å². The minimum absolute atomic E-state index is 0. The molecular weight excluding hydrogens is 288 g/mol. The second kappa shape index (κ2) is 10.2. The molecule has 1 atom stereocenters. The molecule has 1 fully saturated rings. The predicted molar refractivity (Wildman–Crippen MR) is 96.0 cm³/mol. The van der Waals surface area contributed by atoms with E-state index in [4.69, 9.17) is 0 Å². The molecule has 0 N–H and O–H groups in total. The first-order valence-corrected chi connectivity index (χ1v) is 8.63. The van der Waals surface area contributed by atoms with Crippen molar-refractivity contribution in [3.63, 3.8) is 0 Å². The lowest BCUT2D eigenvalue weighted by molar-refractivity contribution is -0.129. The van der Waals surface area contributed by atoms with Crippen LogP contribution in [0, 0.1) is 17.8 Å².